The average molecular weight is 867 g/mol. The second kappa shape index (κ2) is 44.0. The number of hydrogen-bond donors (Lipinski definition) is 0. The van der Waals surface area contributed by atoms with E-state index in [9.17, 15) is 0 Å². The number of halogens is 2. The van der Waals surface area contributed by atoms with Crippen LogP contribution >= 0.6 is 45.2 Å². The summed E-state index contributed by atoms with van der Waals surface area (Å²) in [4.78, 5) is 0. The van der Waals surface area contributed by atoms with Crippen molar-refractivity contribution in [3.8, 4) is 0 Å². The summed E-state index contributed by atoms with van der Waals surface area (Å²) < 4.78 is 67.8. The van der Waals surface area contributed by atoms with Gasteiger partial charge in [-0.05, 0) is 17.3 Å². The molecule has 0 bridgehead atoms. The maximum Gasteiger partial charge on any atom is 0.0701 e. The second-order valence-corrected chi connectivity index (χ2v) is 11.3. The quantitative estimate of drug-likeness (QED) is 0.0509. The molecule has 0 radical (unpaired) electrons. The second-order valence-electron chi connectivity index (χ2n) is 9.14. The number of ether oxygens (including phenoxy) is 12. The highest BCUT2D eigenvalue weighted by atomic mass is 127. The van der Waals surface area contributed by atoms with E-state index in [1.807, 2.05) is 0 Å². The zero-order chi connectivity index (χ0) is 31.7. The SMILES string of the molecule is ICCCCCCOCCOCCOCCOCCOCCOCCOCCOCCOCCOCCOCCOCCI. The van der Waals surface area contributed by atoms with Crippen LogP contribution in [0.4, 0.5) is 0 Å². The fourth-order valence-corrected chi connectivity index (χ4v) is 4.08. The third kappa shape index (κ3) is 43.0. The Morgan fingerprint density at radius 1 is 0.182 bits per heavy atom. The van der Waals surface area contributed by atoms with Crippen molar-refractivity contribution in [1.82, 2.24) is 0 Å². The lowest BCUT2D eigenvalue weighted by molar-refractivity contribution is -0.0282. The smallest absolute Gasteiger partial charge is 0.0701 e. The highest BCUT2D eigenvalue weighted by molar-refractivity contribution is 14.1. The van der Waals surface area contributed by atoms with Gasteiger partial charge in [-0.3, -0.25) is 0 Å². The minimum atomic E-state index is 0.521. The van der Waals surface area contributed by atoms with E-state index in [2.05, 4.69) is 45.2 Å². The summed E-state index contributed by atoms with van der Waals surface area (Å²) in [5, 5.41) is 0. The van der Waals surface area contributed by atoms with Crippen LogP contribution in [-0.4, -0.2) is 167 Å². The molecule has 266 valence electrons. The van der Waals surface area contributed by atoms with E-state index in [0.717, 1.165) is 24.1 Å². The maximum absolute atomic E-state index is 5.56. The van der Waals surface area contributed by atoms with Gasteiger partial charge >= 0.3 is 0 Å². The van der Waals surface area contributed by atoms with Crippen LogP contribution in [0.25, 0.3) is 0 Å². The Morgan fingerprint density at radius 3 is 0.614 bits per heavy atom. The van der Waals surface area contributed by atoms with E-state index in [4.69, 9.17) is 56.8 Å². The summed E-state index contributed by atoms with van der Waals surface area (Å²) in [6, 6.07) is 0. The van der Waals surface area contributed by atoms with Crippen LogP contribution < -0.4 is 0 Å². The molecule has 0 aromatic rings. The largest absolute Gasteiger partial charge is 0.379 e. The summed E-state index contributed by atoms with van der Waals surface area (Å²) >= 11 is 4.70. The molecule has 0 aliphatic rings. The minimum absolute atomic E-state index is 0.521. The van der Waals surface area contributed by atoms with Gasteiger partial charge in [0.1, 0.15) is 0 Å². The maximum atomic E-state index is 5.56. The molecule has 0 aliphatic heterocycles. The first-order valence-corrected chi connectivity index (χ1v) is 19.0. The van der Waals surface area contributed by atoms with Gasteiger partial charge in [-0.25, -0.2) is 0 Å². The lowest BCUT2D eigenvalue weighted by atomic mass is 10.2. The molecule has 0 saturated heterocycles. The van der Waals surface area contributed by atoms with Crippen LogP contribution in [-0.2, 0) is 56.8 Å². The van der Waals surface area contributed by atoms with Crippen LogP contribution in [0.5, 0.6) is 0 Å². The van der Waals surface area contributed by atoms with Gasteiger partial charge in [0.25, 0.3) is 0 Å². The van der Waals surface area contributed by atoms with Crippen molar-refractivity contribution in [3.63, 3.8) is 0 Å². The number of alkyl halides is 2. The standard InChI is InChI=1S/C30H60I2O12/c31-5-3-1-2-4-7-33-9-11-35-13-15-37-17-19-39-21-23-41-25-27-43-29-30-44-28-26-42-24-22-40-20-18-38-16-14-36-12-10-34-8-6-32/h1-30H2. The molecule has 12 nitrogen and oxygen atoms in total. The van der Waals surface area contributed by atoms with Crippen LogP contribution in [0.3, 0.4) is 0 Å². The van der Waals surface area contributed by atoms with Gasteiger partial charge in [-0.2, -0.15) is 0 Å². The monoisotopic (exact) mass is 866 g/mol. The van der Waals surface area contributed by atoms with Gasteiger partial charge in [0, 0.05) is 11.0 Å². The Bertz CT molecular complexity index is 459. The third-order valence-corrected chi connectivity index (χ3v) is 6.69. The van der Waals surface area contributed by atoms with Crippen molar-refractivity contribution in [2.75, 3.05) is 167 Å². The van der Waals surface area contributed by atoms with E-state index >= 15 is 0 Å². The highest BCUT2D eigenvalue weighted by Gasteiger charge is 1.97. The molecule has 0 aromatic carbocycles. The lowest BCUT2D eigenvalue weighted by Gasteiger charge is -2.09. The third-order valence-electron chi connectivity index (χ3n) is 5.49. The van der Waals surface area contributed by atoms with Gasteiger partial charge < -0.3 is 56.8 Å². The molecular weight excluding hydrogens is 806 g/mol. The summed E-state index contributed by atoms with van der Waals surface area (Å²) in [5.74, 6) is 0. The molecule has 0 saturated carbocycles. The van der Waals surface area contributed by atoms with Crippen molar-refractivity contribution in [1.29, 1.82) is 0 Å². The molecule has 0 amide bonds. The number of unbranched alkanes of at least 4 members (excludes halogenated alkanes) is 3. The summed E-state index contributed by atoms with van der Waals surface area (Å²) in [7, 11) is 0. The van der Waals surface area contributed by atoms with Crippen LogP contribution in [0.1, 0.15) is 25.7 Å². The Hall–Kier alpha value is 0.980. The average Bonchev–Trinajstić information content (AvgIpc) is 3.04. The molecule has 14 heteroatoms. The fraction of sp³-hybridized carbons (Fsp3) is 1.00. The molecule has 0 fully saturated rings. The minimum Gasteiger partial charge on any atom is -0.379 e. The first kappa shape index (κ1) is 45.0. The molecule has 0 atom stereocenters. The Balaban J connectivity index is 3.03. The van der Waals surface area contributed by atoms with E-state index < -0.39 is 0 Å². The molecule has 0 aliphatic carbocycles. The molecule has 0 unspecified atom stereocenters. The van der Waals surface area contributed by atoms with E-state index in [1.165, 1.54) is 23.7 Å². The van der Waals surface area contributed by atoms with Gasteiger partial charge in [0.2, 0.25) is 0 Å². The molecule has 44 heavy (non-hydrogen) atoms. The van der Waals surface area contributed by atoms with E-state index in [1.54, 1.807) is 0 Å². The van der Waals surface area contributed by atoms with Crippen molar-refractivity contribution >= 4 is 45.2 Å². The molecule has 0 heterocycles. The predicted molar refractivity (Wildman–Crippen MR) is 186 cm³/mol. The van der Waals surface area contributed by atoms with Gasteiger partial charge in [0.15, 0.2) is 0 Å². The highest BCUT2D eigenvalue weighted by Crippen LogP contribution is 2.02. The number of hydrogen-bond acceptors (Lipinski definition) is 12. The van der Waals surface area contributed by atoms with Crippen molar-refractivity contribution in [3.05, 3.63) is 0 Å². The van der Waals surface area contributed by atoms with Gasteiger partial charge in [-0.15, -0.1) is 0 Å². The summed E-state index contributed by atoms with van der Waals surface area (Å²) in [6.45, 7) is 13.7. The van der Waals surface area contributed by atoms with Crippen molar-refractivity contribution in [2.24, 2.45) is 0 Å². The van der Waals surface area contributed by atoms with E-state index in [-0.39, 0.29) is 0 Å². The lowest BCUT2D eigenvalue weighted by Crippen LogP contribution is -2.15. The molecule has 0 rings (SSSR count). The van der Waals surface area contributed by atoms with Gasteiger partial charge in [0.05, 0.1) is 152 Å². The number of rotatable bonds is 41. The van der Waals surface area contributed by atoms with Gasteiger partial charge in [-0.1, -0.05) is 58.0 Å². The Labute approximate surface area is 293 Å². The Morgan fingerprint density at radius 2 is 0.386 bits per heavy atom. The van der Waals surface area contributed by atoms with E-state index in [0.29, 0.717) is 145 Å². The first-order valence-electron chi connectivity index (χ1n) is 16.0. The summed E-state index contributed by atoms with van der Waals surface area (Å²) in [6.07, 6.45) is 4.98. The van der Waals surface area contributed by atoms with Crippen LogP contribution in [0.15, 0.2) is 0 Å². The Kier molecular flexibility index (Phi) is 45.0. The molecular formula is C30H60I2O12. The summed E-state index contributed by atoms with van der Waals surface area (Å²) in [5.41, 5.74) is 0. The molecule has 0 spiro atoms. The first-order chi connectivity index (χ1) is 21.9. The normalized spacial score (nSPS) is 11.6. The molecule has 0 N–H and O–H groups in total. The zero-order valence-electron chi connectivity index (χ0n) is 26.9. The van der Waals surface area contributed by atoms with Crippen molar-refractivity contribution in [2.45, 2.75) is 25.7 Å². The predicted octanol–water partition coefficient (Wildman–Crippen LogP) is 3.62. The van der Waals surface area contributed by atoms with Crippen LogP contribution in [0, 0.1) is 0 Å². The zero-order valence-corrected chi connectivity index (χ0v) is 31.2. The fourth-order valence-electron chi connectivity index (χ4n) is 3.23. The van der Waals surface area contributed by atoms with Crippen molar-refractivity contribution < 1.29 is 56.8 Å². The topological polar surface area (TPSA) is 111 Å². The van der Waals surface area contributed by atoms with Crippen LogP contribution in [0.2, 0.25) is 0 Å². The molecule has 0 aromatic heterocycles.